The Labute approximate surface area is 181 Å². The van der Waals surface area contributed by atoms with Crippen molar-refractivity contribution in [1.82, 2.24) is 10.3 Å². The van der Waals surface area contributed by atoms with Gasteiger partial charge in [0.2, 0.25) is 0 Å². The van der Waals surface area contributed by atoms with E-state index >= 15 is 0 Å². The molecule has 7 nitrogen and oxygen atoms in total. The number of carbonyl (C=O) groups is 1. The Bertz CT molecular complexity index is 1070. The van der Waals surface area contributed by atoms with Crippen molar-refractivity contribution >= 4 is 17.4 Å². The predicted molar refractivity (Wildman–Crippen MR) is 119 cm³/mol. The molecule has 2 aromatic carbocycles. The van der Waals surface area contributed by atoms with E-state index in [4.69, 9.17) is 9.47 Å². The molecule has 0 bridgehead atoms. The van der Waals surface area contributed by atoms with Gasteiger partial charge in [-0.3, -0.25) is 4.79 Å². The SMILES string of the molecule is O=C(Nc1ccc2c(c1)OCCO2)c1cccc(N2CCN[C@@H](c3ccccc3)C2)n1. The van der Waals surface area contributed by atoms with E-state index in [1.807, 2.05) is 18.2 Å². The van der Waals surface area contributed by atoms with Gasteiger partial charge < -0.3 is 25.0 Å². The molecule has 1 atom stereocenters. The van der Waals surface area contributed by atoms with E-state index in [-0.39, 0.29) is 11.9 Å². The number of fused-ring (bicyclic) bond motifs is 1. The van der Waals surface area contributed by atoms with Crippen LogP contribution in [0, 0.1) is 0 Å². The molecule has 3 heterocycles. The van der Waals surface area contributed by atoms with Gasteiger partial charge in [0.1, 0.15) is 24.7 Å². The monoisotopic (exact) mass is 416 g/mol. The molecule has 3 aromatic rings. The molecular formula is C24H24N4O3. The third-order valence-corrected chi connectivity index (χ3v) is 5.47. The maximum Gasteiger partial charge on any atom is 0.274 e. The zero-order valence-electron chi connectivity index (χ0n) is 17.1. The smallest absolute Gasteiger partial charge is 0.274 e. The fourth-order valence-electron chi connectivity index (χ4n) is 3.91. The van der Waals surface area contributed by atoms with Crippen LogP contribution in [-0.4, -0.2) is 43.7 Å². The van der Waals surface area contributed by atoms with Crippen LogP contribution in [-0.2, 0) is 0 Å². The number of rotatable bonds is 4. The molecule has 1 fully saturated rings. The van der Waals surface area contributed by atoms with Crippen molar-refractivity contribution in [2.75, 3.05) is 43.1 Å². The minimum atomic E-state index is -0.256. The number of amides is 1. The summed E-state index contributed by atoms with van der Waals surface area (Å²) in [5.41, 5.74) is 2.27. The van der Waals surface area contributed by atoms with Crippen molar-refractivity contribution in [3.63, 3.8) is 0 Å². The van der Waals surface area contributed by atoms with Gasteiger partial charge in [-0.15, -0.1) is 0 Å². The Hall–Kier alpha value is -3.58. The first-order chi connectivity index (χ1) is 15.3. The van der Waals surface area contributed by atoms with Crippen LogP contribution in [0.15, 0.2) is 66.7 Å². The lowest BCUT2D eigenvalue weighted by molar-refractivity contribution is 0.102. The van der Waals surface area contributed by atoms with Crippen LogP contribution in [0.1, 0.15) is 22.1 Å². The van der Waals surface area contributed by atoms with Gasteiger partial charge in [0.25, 0.3) is 5.91 Å². The second-order valence-corrected chi connectivity index (χ2v) is 7.56. The second-order valence-electron chi connectivity index (χ2n) is 7.56. The number of nitrogens with one attached hydrogen (secondary N) is 2. The van der Waals surface area contributed by atoms with Crippen molar-refractivity contribution < 1.29 is 14.3 Å². The van der Waals surface area contributed by atoms with Gasteiger partial charge >= 0.3 is 0 Å². The van der Waals surface area contributed by atoms with E-state index in [2.05, 4.69) is 44.8 Å². The summed E-state index contributed by atoms with van der Waals surface area (Å²) in [6, 6.07) is 21.6. The van der Waals surface area contributed by atoms with E-state index in [1.54, 1.807) is 24.3 Å². The van der Waals surface area contributed by atoms with Gasteiger partial charge in [-0.05, 0) is 29.8 Å². The lowest BCUT2D eigenvalue weighted by Gasteiger charge is -2.35. The maximum atomic E-state index is 12.8. The number of aromatic nitrogens is 1. The minimum Gasteiger partial charge on any atom is -0.486 e. The molecule has 2 aliphatic heterocycles. The van der Waals surface area contributed by atoms with Crippen LogP contribution in [0.25, 0.3) is 0 Å². The second kappa shape index (κ2) is 8.65. The predicted octanol–water partition coefficient (Wildman–Crippen LogP) is 3.26. The molecular weight excluding hydrogens is 392 g/mol. The number of carbonyl (C=O) groups excluding carboxylic acids is 1. The molecule has 0 unspecified atom stereocenters. The molecule has 5 rings (SSSR count). The zero-order chi connectivity index (χ0) is 21.0. The summed E-state index contributed by atoms with van der Waals surface area (Å²) >= 11 is 0. The lowest BCUT2D eigenvalue weighted by Crippen LogP contribution is -2.46. The first-order valence-electron chi connectivity index (χ1n) is 10.5. The van der Waals surface area contributed by atoms with Crippen LogP contribution < -0.4 is 25.0 Å². The number of benzene rings is 2. The Morgan fingerprint density at radius 1 is 1.00 bits per heavy atom. The van der Waals surface area contributed by atoms with Gasteiger partial charge in [0.15, 0.2) is 11.5 Å². The van der Waals surface area contributed by atoms with E-state index < -0.39 is 0 Å². The van der Waals surface area contributed by atoms with Crippen molar-refractivity contribution in [1.29, 1.82) is 0 Å². The summed E-state index contributed by atoms with van der Waals surface area (Å²) in [6.07, 6.45) is 0. The molecule has 2 aliphatic rings. The molecule has 0 radical (unpaired) electrons. The Morgan fingerprint density at radius 3 is 2.71 bits per heavy atom. The highest BCUT2D eigenvalue weighted by molar-refractivity contribution is 6.03. The quantitative estimate of drug-likeness (QED) is 0.680. The molecule has 158 valence electrons. The number of anilines is 2. The summed E-state index contributed by atoms with van der Waals surface area (Å²) < 4.78 is 11.1. The number of hydrogen-bond acceptors (Lipinski definition) is 6. The highest BCUT2D eigenvalue weighted by Gasteiger charge is 2.22. The number of nitrogens with zero attached hydrogens (tertiary/aromatic N) is 2. The zero-order valence-corrected chi connectivity index (χ0v) is 17.1. The van der Waals surface area contributed by atoms with Crippen LogP contribution in [0.3, 0.4) is 0 Å². The normalized spacial score (nSPS) is 17.8. The summed E-state index contributed by atoms with van der Waals surface area (Å²) in [4.78, 5) is 19.7. The highest BCUT2D eigenvalue weighted by Crippen LogP contribution is 2.32. The van der Waals surface area contributed by atoms with Crippen molar-refractivity contribution in [3.8, 4) is 11.5 Å². The number of hydrogen-bond donors (Lipinski definition) is 2. The van der Waals surface area contributed by atoms with Gasteiger partial charge in [0.05, 0.1) is 0 Å². The first kappa shape index (κ1) is 19.4. The minimum absolute atomic E-state index is 0.229. The standard InChI is InChI=1S/C24H24N4O3/c29-24(26-18-9-10-21-22(15-18)31-14-13-30-21)19-7-4-8-23(27-19)28-12-11-25-20(16-28)17-5-2-1-3-6-17/h1-10,15,20,25H,11-14,16H2,(H,26,29)/t20-/m1/s1. The van der Waals surface area contributed by atoms with Crippen molar-refractivity contribution in [2.45, 2.75) is 6.04 Å². The van der Waals surface area contributed by atoms with Crippen LogP contribution in [0.5, 0.6) is 11.5 Å². The van der Waals surface area contributed by atoms with Gasteiger partial charge in [-0.1, -0.05) is 36.4 Å². The van der Waals surface area contributed by atoms with E-state index in [0.717, 1.165) is 25.5 Å². The Balaban J connectivity index is 1.30. The topological polar surface area (TPSA) is 75.7 Å². The Kier molecular flexibility index (Phi) is 5.41. The van der Waals surface area contributed by atoms with Crippen molar-refractivity contribution in [2.24, 2.45) is 0 Å². The van der Waals surface area contributed by atoms with Crippen molar-refractivity contribution in [3.05, 3.63) is 78.0 Å². The van der Waals surface area contributed by atoms with Gasteiger partial charge in [0, 0.05) is 37.4 Å². The third kappa shape index (κ3) is 4.32. The third-order valence-electron chi connectivity index (χ3n) is 5.47. The number of ether oxygens (including phenoxy) is 2. The Morgan fingerprint density at radius 2 is 1.84 bits per heavy atom. The lowest BCUT2D eigenvalue weighted by atomic mass is 10.0. The van der Waals surface area contributed by atoms with Gasteiger partial charge in [-0.2, -0.15) is 0 Å². The molecule has 2 N–H and O–H groups in total. The first-order valence-corrected chi connectivity index (χ1v) is 10.5. The van der Waals surface area contributed by atoms with E-state index in [0.29, 0.717) is 36.1 Å². The largest absolute Gasteiger partial charge is 0.486 e. The molecule has 1 saturated heterocycles. The molecule has 0 saturated carbocycles. The van der Waals surface area contributed by atoms with E-state index in [9.17, 15) is 4.79 Å². The van der Waals surface area contributed by atoms with Gasteiger partial charge in [-0.25, -0.2) is 4.98 Å². The summed E-state index contributed by atoms with van der Waals surface area (Å²) in [7, 11) is 0. The molecule has 1 amide bonds. The maximum absolute atomic E-state index is 12.8. The number of piperazine rings is 1. The summed E-state index contributed by atoms with van der Waals surface area (Å²) in [6.45, 7) is 3.53. The highest BCUT2D eigenvalue weighted by atomic mass is 16.6. The van der Waals surface area contributed by atoms with Crippen LogP contribution in [0.4, 0.5) is 11.5 Å². The fourth-order valence-corrected chi connectivity index (χ4v) is 3.91. The molecule has 7 heteroatoms. The average Bonchev–Trinajstić information content (AvgIpc) is 2.85. The van der Waals surface area contributed by atoms with Crippen LogP contribution in [0.2, 0.25) is 0 Å². The summed E-state index contributed by atoms with van der Waals surface area (Å²) in [5.74, 6) is 1.88. The molecule has 0 spiro atoms. The molecule has 1 aromatic heterocycles. The van der Waals surface area contributed by atoms with Crippen LogP contribution >= 0.6 is 0 Å². The average molecular weight is 416 g/mol. The number of pyridine rings is 1. The molecule has 0 aliphatic carbocycles. The summed E-state index contributed by atoms with van der Waals surface area (Å²) in [5, 5.41) is 6.46. The molecule has 31 heavy (non-hydrogen) atoms. The van der Waals surface area contributed by atoms with E-state index in [1.165, 1.54) is 5.56 Å². The fraction of sp³-hybridized carbons (Fsp3) is 0.250.